The van der Waals surface area contributed by atoms with E-state index in [0.29, 0.717) is 16.3 Å². The van der Waals surface area contributed by atoms with E-state index in [1.807, 2.05) is 0 Å². The van der Waals surface area contributed by atoms with Gasteiger partial charge in [0.15, 0.2) is 5.78 Å². The molecule has 0 bridgehead atoms. The molecule has 0 radical (unpaired) electrons. The van der Waals surface area contributed by atoms with Crippen LogP contribution in [-0.2, 0) is 0 Å². The molecule has 2 aromatic rings. The fourth-order valence-electron chi connectivity index (χ4n) is 2.08. The van der Waals surface area contributed by atoms with E-state index < -0.39 is 10.8 Å². The van der Waals surface area contributed by atoms with Gasteiger partial charge in [-0.3, -0.25) is 19.9 Å². The number of nitrogens with zero attached hydrogens (tertiary/aromatic N) is 2. The Morgan fingerprint density at radius 1 is 1.29 bits per heavy atom. The van der Waals surface area contributed by atoms with Crippen molar-refractivity contribution in [3.8, 4) is 0 Å². The first-order valence-electron chi connectivity index (χ1n) is 6.38. The van der Waals surface area contributed by atoms with Gasteiger partial charge in [0.05, 0.1) is 5.92 Å². The van der Waals surface area contributed by atoms with E-state index in [-0.39, 0.29) is 18.7 Å². The summed E-state index contributed by atoms with van der Waals surface area (Å²) in [5, 5.41) is 11.3. The number of Topliss-reactive ketones (excluding diaryl/α,β-unsaturated/α-hetero) is 1. The molecule has 0 saturated heterocycles. The molecule has 0 N–H and O–H groups in total. The van der Waals surface area contributed by atoms with Crippen LogP contribution in [0.4, 0.5) is 0 Å². The molecule has 0 saturated carbocycles. The molecule has 5 nitrogen and oxygen atoms in total. The smallest absolute Gasteiger partial charge is 0.211 e. The largest absolute Gasteiger partial charge is 0.292 e. The lowest BCUT2D eigenvalue weighted by molar-refractivity contribution is -0.483. The minimum absolute atomic E-state index is 0.0261. The minimum atomic E-state index is -0.520. The highest BCUT2D eigenvalue weighted by molar-refractivity contribution is 6.30. The van der Waals surface area contributed by atoms with Crippen LogP contribution < -0.4 is 0 Å². The zero-order valence-corrected chi connectivity index (χ0v) is 11.9. The maximum absolute atomic E-state index is 12.2. The fourth-order valence-corrected chi connectivity index (χ4v) is 2.28. The molecule has 0 aliphatic carbocycles. The summed E-state index contributed by atoms with van der Waals surface area (Å²) in [7, 11) is 0. The first kappa shape index (κ1) is 15.1. The second-order valence-corrected chi connectivity index (χ2v) is 5.05. The van der Waals surface area contributed by atoms with Gasteiger partial charge in [-0.25, -0.2) is 0 Å². The van der Waals surface area contributed by atoms with E-state index >= 15 is 0 Å². The van der Waals surface area contributed by atoms with Gasteiger partial charge < -0.3 is 0 Å². The molecule has 1 aromatic heterocycles. The maximum atomic E-state index is 12.2. The van der Waals surface area contributed by atoms with Crippen molar-refractivity contribution in [1.82, 2.24) is 4.98 Å². The zero-order chi connectivity index (χ0) is 15.2. The molecule has 1 aromatic carbocycles. The van der Waals surface area contributed by atoms with Crippen LogP contribution in [0, 0.1) is 10.1 Å². The van der Waals surface area contributed by atoms with Crippen molar-refractivity contribution < 1.29 is 9.72 Å². The number of pyridine rings is 1. The topological polar surface area (TPSA) is 73.1 Å². The van der Waals surface area contributed by atoms with E-state index in [1.54, 1.807) is 42.5 Å². The molecule has 2 rings (SSSR count). The molecule has 0 fully saturated rings. The third-order valence-corrected chi connectivity index (χ3v) is 3.31. The van der Waals surface area contributed by atoms with Crippen molar-refractivity contribution in [3.63, 3.8) is 0 Å². The van der Waals surface area contributed by atoms with Gasteiger partial charge in [0.25, 0.3) is 0 Å². The van der Waals surface area contributed by atoms with Crippen molar-refractivity contribution in [3.05, 3.63) is 75.1 Å². The molecule has 0 amide bonds. The number of aromatic nitrogens is 1. The SMILES string of the molecule is O=C(C[C@H](C[N+](=O)[O-])c1cccc(Cl)c1)c1ccccn1. The van der Waals surface area contributed by atoms with Gasteiger partial charge in [0.2, 0.25) is 6.54 Å². The number of rotatable bonds is 6. The lowest BCUT2D eigenvalue weighted by Gasteiger charge is -2.12. The molecule has 108 valence electrons. The maximum Gasteiger partial charge on any atom is 0.211 e. The van der Waals surface area contributed by atoms with Crippen molar-refractivity contribution in [2.45, 2.75) is 12.3 Å². The standard InChI is InChI=1S/C15H13ClN2O3/c16-13-5-3-4-11(8-13)12(10-18(20)21)9-15(19)14-6-1-2-7-17-14/h1-8,12H,9-10H2/t12-/m1/s1. The molecule has 0 aliphatic rings. The molecular weight excluding hydrogens is 292 g/mol. The number of ketones is 1. The van der Waals surface area contributed by atoms with E-state index in [2.05, 4.69) is 4.98 Å². The Hall–Kier alpha value is -2.27. The molecule has 0 spiro atoms. The number of hydrogen-bond acceptors (Lipinski definition) is 4. The highest BCUT2D eigenvalue weighted by Gasteiger charge is 2.22. The summed E-state index contributed by atoms with van der Waals surface area (Å²) >= 11 is 5.91. The fraction of sp³-hybridized carbons (Fsp3) is 0.200. The van der Waals surface area contributed by atoms with Crippen LogP contribution in [0.2, 0.25) is 5.02 Å². The number of carbonyl (C=O) groups excluding carboxylic acids is 1. The molecule has 6 heteroatoms. The molecule has 0 unspecified atom stereocenters. The predicted molar refractivity (Wildman–Crippen MR) is 79.2 cm³/mol. The van der Waals surface area contributed by atoms with Crippen LogP contribution in [-0.4, -0.2) is 22.2 Å². The number of carbonyl (C=O) groups is 1. The second kappa shape index (κ2) is 6.95. The third-order valence-electron chi connectivity index (χ3n) is 3.07. The van der Waals surface area contributed by atoms with Gasteiger partial charge in [0.1, 0.15) is 5.69 Å². The summed E-state index contributed by atoms with van der Waals surface area (Å²) in [4.78, 5) is 26.6. The minimum Gasteiger partial charge on any atom is -0.292 e. The van der Waals surface area contributed by atoms with Crippen molar-refractivity contribution in [1.29, 1.82) is 0 Å². The average Bonchev–Trinajstić information content (AvgIpc) is 2.47. The summed E-state index contributed by atoms with van der Waals surface area (Å²) in [6.45, 7) is -0.321. The summed E-state index contributed by atoms with van der Waals surface area (Å²) < 4.78 is 0. The Morgan fingerprint density at radius 3 is 2.71 bits per heavy atom. The number of halogens is 1. The van der Waals surface area contributed by atoms with E-state index in [4.69, 9.17) is 11.6 Å². The number of hydrogen-bond donors (Lipinski definition) is 0. The summed E-state index contributed by atoms with van der Waals surface area (Å²) in [6, 6.07) is 11.8. The van der Waals surface area contributed by atoms with Gasteiger partial charge in [-0.2, -0.15) is 0 Å². The Balaban J connectivity index is 2.21. The third kappa shape index (κ3) is 4.36. The Labute approximate surface area is 126 Å². The van der Waals surface area contributed by atoms with Gasteiger partial charge in [0, 0.05) is 22.6 Å². The van der Waals surface area contributed by atoms with Crippen LogP contribution in [0.3, 0.4) is 0 Å². The van der Waals surface area contributed by atoms with Gasteiger partial charge >= 0.3 is 0 Å². The normalized spacial score (nSPS) is 11.9. The molecule has 1 heterocycles. The van der Waals surface area contributed by atoms with Crippen molar-refractivity contribution >= 4 is 17.4 Å². The van der Waals surface area contributed by atoms with Crippen LogP contribution in [0.15, 0.2) is 48.7 Å². The first-order valence-corrected chi connectivity index (χ1v) is 6.75. The van der Waals surface area contributed by atoms with Crippen molar-refractivity contribution in [2.24, 2.45) is 0 Å². The molecular formula is C15H13ClN2O3. The lowest BCUT2D eigenvalue weighted by Crippen LogP contribution is -2.17. The molecule has 1 atom stereocenters. The van der Waals surface area contributed by atoms with E-state index in [9.17, 15) is 14.9 Å². The highest BCUT2D eigenvalue weighted by atomic mass is 35.5. The van der Waals surface area contributed by atoms with Gasteiger partial charge in [-0.1, -0.05) is 29.8 Å². The van der Waals surface area contributed by atoms with E-state index in [1.165, 1.54) is 6.20 Å². The molecule has 0 aliphatic heterocycles. The highest BCUT2D eigenvalue weighted by Crippen LogP contribution is 2.24. The van der Waals surface area contributed by atoms with Gasteiger partial charge in [-0.15, -0.1) is 0 Å². The number of benzene rings is 1. The molecule has 21 heavy (non-hydrogen) atoms. The Morgan fingerprint density at radius 2 is 2.10 bits per heavy atom. The summed E-state index contributed by atoms with van der Waals surface area (Å²) in [6.07, 6.45) is 1.55. The predicted octanol–water partition coefficient (Wildman–Crippen LogP) is 3.37. The van der Waals surface area contributed by atoms with Crippen molar-refractivity contribution in [2.75, 3.05) is 6.54 Å². The van der Waals surface area contributed by atoms with Crippen LogP contribution >= 0.6 is 11.6 Å². The first-order chi connectivity index (χ1) is 10.1. The summed E-state index contributed by atoms with van der Waals surface area (Å²) in [5.74, 6) is -0.740. The second-order valence-electron chi connectivity index (χ2n) is 4.61. The Bertz CT molecular complexity index is 646. The average molecular weight is 305 g/mol. The Kier molecular flexibility index (Phi) is 5.00. The van der Waals surface area contributed by atoms with Crippen LogP contribution in [0.1, 0.15) is 28.4 Å². The van der Waals surface area contributed by atoms with Gasteiger partial charge in [-0.05, 0) is 29.8 Å². The zero-order valence-electron chi connectivity index (χ0n) is 11.1. The lowest BCUT2D eigenvalue weighted by atomic mass is 9.93. The van der Waals surface area contributed by atoms with Crippen LogP contribution in [0.25, 0.3) is 0 Å². The summed E-state index contributed by atoms with van der Waals surface area (Å²) in [5.41, 5.74) is 0.997. The monoisotopic (exact) mass is 304 g/mol. The van der Waals surface area contributed by atoms with Crippen LogP contribution in [0.5, 0.6) is 0 Å². The quantitative estimate of drug-likeness (QED) is 0.466. The van der Waals surface area contributed by atoms with E-state index in [0.717, 1.165) is 0 Å². The number of nitro groups is 1.